The van der Waals surface area contributed by atoms with E-state index in [2.05, 4.69) is 14.9 Å². The van der Waals surface area contributed by atoms with Gasteiger partial charge in [0.15, 0.2) is 11.5 Å². The molecule has 11 heteroatoms. The molecule has 40 heavy (non-hydrogen) atoms. The van der Waals surface area contributed by atoms with Gasteiger partial charge in [-0.15, -0.1) is 0 Å². The number of aromatic nitrogens is 4. The molecule has 2 aromatic heterocycles. The summed E-state index contributed by atoms with van der Waals surface area (Å²) in [6.07, 6.45) is 10.5. The van der Waals surface area contributed by atoms with Gasteiger partial charge in [0.05, 0.1) is 42.0 Å². The smallest absolute Gasteiger partial charge is 0.411 e. The molecule has 2 bridgehead atoms. The number of carbonyl (C=O) groups excluding carboxylic acids is 1. The number of hydrogen-bond donors (Lipinski definition) is 2. The zero-order chi connectivity index (χ0) is 27.1. The molecule has 2 unspecified atom stereocenters. The Hall–Kier alpha value is -3.28. The lowest BCUT2D eigenvalue weighted by atomic mass is 9.80. The molecule has 3 saturated heterocycles. The van der Waals surface area contributed by atoms with E-state index < -0.39 is 6.09 Å². The molecule has 4 aliphatic rings. The van der Waals surface area contributed by atoms with Crippen LogP contribution in [0.25, 0.3) is 22.4 Å². The number of hydrogen-bond acceptors (Lipinski definition) is 9. The third kappa shape index (κ3) is 4.90. The second-order valence-corrected chi connectivity index (χ2v) is 11.5. The summed E-state index contributed by atoms with van der Waals surface area (Å²) < 4.78 is 19.3. The molecule has 212 valence electrons. The highest BCUT2D eigenvalue weighted by atomic mass is 16.6. The van der Waals surface area contributed by atoms with Gasteiger partial charge in [-0.25, -0.2) is 19.4 Å². The largest absolute Gasteiger partial charge is 0.447 e. The van der Waals surface area contributed by atoms with Crippen LogP contribution in [0.1, 0.15) is 57.4 Å². The highest BCUT2D eigenvalue weighted by Gasteiger charge is 2.40. The van der Waals surface area contributed by atoms with E-state index in [0.29, 0.717) is 11.5 Å². The second kappa shape index (κ2) is 10.6. The number of nitrogens with one attached hydrogen (secondary N) is 1. The fraction of sp³-hybridized carbons (Fsp3) is 0.586. The number of aliphatic hydroxyl groups is 1. The zero-order valence-corrected chi connectivity index (χ0v) is 22.6. The molecule has 1 spiro atoms. The predicted molar refractivity (Wildman–Crippen MR) is 148 cm³/mol. The number of aliphatic hydroxyl groups excluding tert-OH is 1. The summed E-state index contributed by atoms with van der Waals surface area (Å²) in [6.45, 7) is 2.25. The van der Waals surface area contributed by atoms with Crippen molar-refractivity contribution < 1.29 is 24.1 Å². The Kier molecular flexibility index (Phi) is 6.81. The SMILES string of the molecule is O=C(Nc1ccc(-c2nc(N3CC4CCC(C3)O4)c3cnn(C4CCC5(CCCO5)CC4)c3n2)cc1)OCCO. The normalized spacial score (nSPS) is 27.9. The molecule has 1 aromatic carbocycles. The molecule has 3 aromatic rings. The molecule has 4 fully saturated rings. The third-order valence-electron chi connectivity index (χ3n) is 8.89. The van der Waals surface area contributed by atoms with E-state index in [1.54, 1.807) is 12.1 Å². The first-order valence-electron chi connectivity index (χ1n) is 14.5. The number of amides is 1. The van der Waals surface area contributed by atoms with Crippen LogP contribution < -0.4 is 10.2 Å². The van der Waals surface area contributed by atoms with Crippen molar-refractivity contribution in [3.8, 4) is 11.4 Å². The van der Waals surface area contributed by atoms with Gasteiger partial charge in [-0.1, -0.05) is 0 Å². The lowest BCUT2D eigenvalue weighted by Gasteiger charge is -2.36. The minimum absolute atomic E-state index is 0.0491. The van der Waals surface area contributed by atoms with Crippen molar-refractivity contribution in [2.24, 2.45) is 0 Å². The van der Waals surface area contributed by atoms with Crippen molar-refractivity contribution in [3.63, 3.8) is 0 Å². The minimum atomic E-state index is -0.607. The number of rotatable bonds is 6. The van der Waals surface area contributed by atoms with Gasteiger partial charge < -0.3 is 24.2 Å². The number of fused-ring (bicyclic) bond motifs is 3. The Morgan fingerprint density at radius 2 is 1.85 bits per heavy atom. The summed E-state index contributed by atoms with van der Waals surface area (Å²) in [7, 11) is 0. The van der Waals surface area contributed by atoms with E-state index in [-0.39, 0.29) is 37.1 Å². The Bertz CT molecular complexity index is 1350. The van der Waals surface area contributed by atoms with Crippen molar-refractivity contribution in [1.82, 2.24) is 19.7 Å². The molecule has 1 aliphatic carbocycles. The maximum atomic E-state index is 11.9. The Labute approximate surface area is 232 Å². The number of ether oxygens (including phenoxy) is 3. The third-order valence-corrected chi connectivity index (χ3v) is 8.89. The van der Waals surface area contributed by atoms with E-state index >= 15 is 0 Å². The standard InChI is InChI=1S/C29H36N6O5/c36-13-15-38-28(37)31-20-4-2-19(3-5-20)25-32-26(34-17-22-6-7-23(18-34)40-22)24-16-30-35(27(24)33-25)21-8-11-29(12-9-21)10-1-14-39-29/h2-5,16,21-23,36H,1,6-15,17-18H2,(H,31,37). The summed E-state index contributed by atoms with van der Waals surface area (Å²) in [5.41, 5.74) is 2.37. The van der Waals surface area contributed by atoms with E-state index in [1.165, 1.54) is 6.42 Å². The van der Waals surface area contributed by atoms with Crippen LogP contribution in [0.3, 0.4) is 0 Å². The lowest BCUT2D eigenvalue weighted by Crippen LogP contribution is -2.43. The fourth-order valence-corrected chi connectivity index (χ4v) is 6.85. The molecule has 5 heterocycles. The molecular formula is C29H36N6O5. The first-order valence-corrected chi connectivity index (χ1v) is 14.5. The van der Waals surface area contributed by atoms with E-state index in [0.717, 1.165) is 87.1 Å². The van der Waals surface area contributed by atoms with Crippen LogP contribution in [-0.4, -0.2) is 81.7 Å². The number of nitrogens with zero attached hydrogens (tertiary/aromatic N) is 5. The van der Waals surface area contributed by atoms with E-state index in [9.17, 15) is 4.79 Å². The Balaban J connectivity index is 1.21. The summed E-state index contributed by atoms with van der Waals surface area (Å²) in [5.74, 6) is 1.54. The summed E-state index contributed by atoms with van der Waals surface area (Å²) in [5, 5.41) is 17.4. The quantitative estimate of drug-likeness (QED) is 0.469. The molecule has 7 rings (SSSR count). The molecule has 11 nitrogen and oxygen atoms in total. The molecule has 0 radical (unpaired) electrons. The highest BCUT2D eigenvalue weighted by molar-refractivity contribution is 5.89. The Morgan fingerprint density at radius 1 is 1.07 bits per heavy atom. The van der Waals surface area contributed by atoms with Crippen molar-refractivity contribution in [2.45, 2.75) is 75.2 Å². The first kappa shape index (κ1) is 25.7. The van der Waals surface area contributed by atoms with Gasteiger partial charge in [-0.3, -0.25) is 5.32 Å². The van der Waals surface area contributed by atoms with Crippen LogP contribution in [-0.2, 0) is 14.2 Å². The van der Waals surface area contributed by atoms with E-state index in [4.69, 9.17) is 34.4 Å². The molecule has 3 aliphatic heterocycles. The van der Waals surface area contributed by atoms with Crippen molar-refractivity contribution >= 4 is 28.6 Å². The first-order chi connectivity index (χ1) is 19.6. The predicted octanol–water partition coefficient (Wildman–Crippen LogP) is 4.07. The van der Waals surface area contributed by atoms with Gasteiger partial charge in [-0.2, -0.15) is 5.10 Å². The second-order valence-electron chi connectivity index (χ2n) is 11.5. The number of carbonyl (C=O) groups is 1. The molecule has 1 amide bonds. The maximum Gasteiger partial charge on any atom is 0.411 e. The molecule has 2 atom stereocenters. The average Bonchev–Trinajstić information content (AvgIpc) is 3.71. The van der Waals surface area contributed by atoms with Gasteiger partial charge in [0.1, 0.15) is 12.4 Å². The average molecular weight is 549 g/mol. The van der Waals surface area contributed by atoms with Gasteiger partial charge in [0.2, 0.25) is 0 Å². The lowest BCUT2D eigenvalue weighted by molar-refractivity contribution is -0.0337. The summed E-state index contributed by atoms with van der Waals surface area (Å²) in [4.78, 5) is 24.4. The van der Waals surface area contributed by atoms with Crippen LogP contribution in [0, 0.1) is 0 Å². The van der Waals surface area contributed by atoms with Gasteiger partial charge in [-0.05, 0) is 75.6 Å². The van der Waals surface area contributed by atoms with Crippen molar-refractivity contribution in [3.05, 3.63) is 30.5 Å². The van der Waals surface area contributed by atoms with Crippen LogP contribution in [0.2, 0.25) is 0 Å². The van der Waals surface area contributed by atoms with Gasteiger partial charge >= 0.3 is 6.09 Å². The zero-order valence-electron chi connectivity index (χ0n) is 22.6. The van der Waals surface area contributed by atoms with E-state index in [1.807, 2.05) is 18.3 Å². The number of morpholine rings is 1. The highest BCUT2D eigenvalue weighted by Crippen LogP contribution is 2.44. The van der Waals surface area contributed by atoms with Crippen LogP contribution >= 0.6 is 0 Å². The van der Waals surface area contributed by atoms with Crippen molar-refractivity contribution in [2.75, 3.05) is 43.1 Å². The van der Waals surface area contributed by atoms with Crippen LogP contribution in [0.5, 0.6) is 0 Å². The van der Waals surface area contributed by atoms with Crippen LogP contribution in [0.4, 0.5) is 16.3 Å². The summed E-state index contributed by atoms with van der Waals surface area (Å²) in [6, 6.07) is 7.69. The molecular weight excluding hydrogens is 512 g/mol. The van der Waals surface area contributed by atoms with Gasteiger partial charge in [0, 0.05) is 30.9 Å². The van der Waals surface area contributed by atoms with Gasteiger partial charge in [0.25, 0.3) is 0 Å². The van der Waals surface area contributed by atoms with Crippen LogP contribution in [0.15, 0.2) is 30.5 Å². The maximum absolute atomic E-state index is 11.9. The van der Waals surface area contributed by atoms with Crippen molar-refractivity contribution in [1.29, 1.82) is 0 Å². The monoisotopic (exact) mass is 548 g/mol. The molecule has 2 N–H and O–H groups in total. The summed E-state index contributed by atoms with van der Waals surface area (Å²) >= 11 is 0. The minimum Gasteiger partial charge on any atom is -0.447 e. The topological polar surface area (TPSA) is 124 Å². The molecule has 1 saturated carbocycles. The number of anilines is 2. The fourth-order valence-electron chi connectivity index (χ4n) is 6.85. The number of benzene rings is 1. The Morgan fingerprint density at radius 3 is 2.55 bits per heavy atom.